The van der Waals surface area contributed by atoms with Gasteiger partial charge in [0.25, 0.3) is 0 Å². The van der Waals surface area contributed by atoms with Gasteiger partial charge in [-0.25, -0.2) is 0 Å². The molecule has 0 aromatic rings. The Hall–Kier alpha value is 2.30. The van der Waals surface area contributed by atoms with Crippen molar-refractivity contribution in [1.29, 1.82) is 5.26 Å². The number of nitriles is 1. The number of thiocyanates is 1. The molecule has 0 heterocycles. The molecule has 0 rings (SSSR count). The summed E-state index contributed by atoms with van der Waals surface area (Å²) in [7, 11) is 9.90. The van der Waals surface area contributed by atoms with Gasteiger partial charge in [0, 0.05) is 0 Å². The second kappa shape index (κ2) is 23.9. The van der Waals surface area contributed by atoms with E-state index in [1.807, 2.05) is 0 Å². The predicted octanol–water partition coefficient (Wildman–Crippen LogP) is 0.858. The summed E-state index contributed by atoms with van der Waals surface area (Å²) in [5.74, 6) is 0. The number of hydrogen-bond acceptors (Lipinski definition) is 2. The van der Waals surface area contributed by atoms with Crippen molar-refractivity contribution >= 4 is 69.7 Å². The van der Waals surface area contributed by atoms with Crippen molar-refractivity contribution in [3.05, 3.63) is 0 Å². The molecule has 0 aromatic carbocycles. The van der Waals surface area contributed by atoms with Crippen molar-refractivity contribution in [3.63, 3.8) is 0 Å². The Labute approximate surface area is 93.8 Å². The fourth-order valence-corrected chi connectivity index (χ4v) is 0. The Morgan fingerprint density at radius 1 is 1.57 bits per heavy atom. The molecule has 36 valence electrons. The third-order valence-electron chi connectivity index (χ3n) is 0. The Morgan fingerprint density at radius 2 is 1.57 bits per heavy atom. The average molecular weight is 237 g/mol. The van der Waals surface area contributed by atoms with Crippen LogP contribution in [0.3, 0.4) is 0 Å². The molecule has 0 bridgehead atoms. The maximum absolute atomic E-state index is 7.18. The van der Waals surface area contributed by atoms with E-state index in [1.54, 1.807) is 0 Å². The molecule has 0 saturated carbocycles. The molecule has 0 amide bonds. The zero-order chi connectivity index (χ0) is 5.41. The van der Waals surface area contributed by atoms with Crippen molar-refractivity contribution < 1.29 is 15.1 Å². The van der Waals surface area contributed by atoms with Crippen LogP contribution in [0.5, 0.6) is 0 Å². The summed E-state index contributed by atoms with van der Waals surface area (Å²) >= 11 is 2.16. The van der Waals surface area contributed by atoms with Crippen LogP contribution < -0.4 is 0 Å². The van der Waals surface area contributed by atoms with Gasteiger partial charge in [0.15, 0.2) is 0 Å². The Kier molecular flexibility index (Phi) is 55.2. The van der Waals surface area contributed by atoms with Crippen molar-refractivity contribution in [2.24, 2.45) is 0 Å². The van der Waals surface area contributed by atoms with Gasteiger partial charge in [0.05, 0.1) is 0 Å². The van der Waals surface area contributed by atoms with Crippen molar-refractivity contribution in [1.82, 2.24) is 0 Å². The van der Waals surface area contributed by atoms with Crippen LogP contribution in [0, 0.1) is 10.7 Å². The topological polar surface area (TPSA) is 23.8 Å². The second-order valence-electron chi connectivity index (χ2n) is 0.201. The fraction of sp³-hybridized carbons (Fsp3) is 0. The quantitative estimate of drug-likeness (QED) is 0.377. The van der Waals surface area contributed by atoms with E-state index in [1.165, 1.54) is 5.40 Å². The SMILES string of the molecule is N#CS.[CaH2].[Cl][Zn][Cl]. The molecule has 7 heavy (non-hydrogen) atoms. The van der Waals surface area contributed by atoms with Gasteiger partial charge in [-0.15, -0.1) is 0 Å². The van der Waals surface area contributed by atoms with E-state index in [9.17, 15) is 0 Å². The second-order valence-corrected chi connectivity index (χ2v) is 5.02. The first-order valence-corrected chi connectivity index (χ1v) is 9.23. The molecular weight excluding hydrogens is 234 g/mol. The molecule has 0 aliphatic heterocycles. The van der Waals surface area contributed by atoms with E-state index in [2.05, 4.69) is 12.6 Å². The van der Waals surface area contributed by atoms with Gasteiger partial charge >= 0.3 is 72.3 Å². The third kappa shape index (κ3) is 62.2. The van der Waals surface area contributed by atoms with Crippen LogP contribution in [0.2, 0.25) is 0 Å². The number of thiol groups is 1. The molecule has 0 spiro atoms. The molecule has 0 unspecified atom stereocenters. The zero-order valence-corrected chi connectivity index (χ0v) is 8.23. The van der Waals surface area contributed by atoms with E-state index in [0.29, 0.717) is 0 Å². The summed E-state index contributed by atoms with van der Waals surface area (Å²) in [5, 5.41) is 8.63. The fourth-order valence-electron chi connectivity index (χ4n) is 0. The summed E-state index contributed by atoms with van der Waals surface area (Å²) in [6.07, 6.45) is 0. The standard InChI is InChI=1S/CHNS.Ca.2ClH.Zn.2H/c2-1-3;;;;;;/h3H;;2*1H;;;/q;;;;+2;;/p-2. The van der Waals surface area contributed by atoms with Crippen LogP contribution in [-0.2, 0) is 15.1 Å². The van der Waals surface area contributed by atoms with Crippen LogP contribution in [0.15, 0.2) is 0 Å². The number of halogens is 2. The molecule has 1 nitrogen and oxygen atoms in total. The van der Waals surface area contributed by atoms with Gasteiger partial charge in [-0.05, 0) is 0 Å². The van der Waals surface area contributed by atoms with Gasteiger partial charge < -0.3 is 0 Å². The van der Waals surface area contributed by atoms with Gasteiger partial charge in [-0.1, -0.05) is 12.6 Å². The first-order valence-electron chi connectivity index (χ1n) is 0.982. The third-order valence-corrected chi connectivity index (χ3v) is 0. The van der Waals surface area contributed by atoms with E-state index in [0.717, 1.165) is 0 Å². The molecule has 0 aliphatic rings. The minimum atomic E-state index is -0.931. The van der Waals surface area contributed by atoms with Crippen LogP contribution in [0.4, 0.5) is 0 Å². The van der Waals surface area contributed by atoms with Gasteiger partial charge in [-0.3, -0.25) is 0 Å². The number of hydrogen-bond donors (Lipinski definition) is 1. The molecule has 0 atom stereocenters. The molecule has 6 heteroatoms. The minimum absolute atomic E-state index is 0. The first-order chi connectivity index (χ1) is 2.83. The molecule has 0 saturated heterocycles. The van der Waals surface area contributed by atoms with Crippen LogP contribution in [-0.4, -0.2) is 37.7 Å². The summed E-state index contributed by atoms with van der Waals surface area (Å²) in [5.41, 5.74) is 0. The van der Waals surface area contributed by atoms with Crippen LogP contribution >= 0.6 is 32.0 Å². The predicted molar refractivity (Wildman–Crippen MR) is 34.8 cm³/mol. The molecule has 0 radical (unpaired) electrons. The normalized spacial score (nSPS) is 2.57. The summed E-state index contributed by atoms with van der Waals surface area (Å²) in [6, 6.07) is 0. The van der Waals surface area contributed by atoms with Crippen molar-refractivity contribution in [3.8, 4) is 5.40 Å². The van der Waals surface area contributed by atoms with Gasteiger partial charge in [-0.2, -0.15) is 5.26 Å². The average Bonchev–Trinajstić information content (AvgIpc) is 1.39. The van der Waals surface area contributed by atoms with Crippen molar-refractivity contribution in [2.45, 2.75) is 0 Å². The maximum atomic E-state index is 7.18. The van der Waals surface area contributed by atoms with Gasteiger partial charge in [0.1, 0.15) is 5.40 Å². The molecule has 0 aliphatic carbocycles. The van der Waals surface area contributed by atoms with Crippen LogP contribution in [0.25, 0.3) is 0 Å². The molecule has 0 aromatic heterocycles. The van der Waals surface area contributed by atoms with E-state index < -0.39 is 15.1 Å². The summed E-state index contributed by atoms with van der Waals surface area (Å²) in [6.45, 7) is 0. The first kappa shape index (κ1) is 16.1. The Balaban J connectivity index is -0.0000000400. The Bertz CT molecular complexity index is 47.4. The van der Waals surface area contributed by atoms with Gasteiger partial charge in [0.2, 0.25) is 0 Å². The number of nitrogens with zero attached hydrogens (tertiary/aromatic N) is 1. The summed E-state index contributed by atoms with van der Waals surface area (Å²) in [4.78, 5) is 0. The number of rotatable bonds is 0. The monoisotopic (exact) mass is 235 g/mol. The van der Waals surface area contributed by atoms with E-state index in [-0.39, 0.29) is 37.7 Å². The zero-order valence-electron chi connectivity index (χ0n) is 2.86. The summed E-state index contributed by atoms with van der Waals surface area (Å²) < 4.78 is 0. The Morgan fingerprint density at radius 3 is 1.57 bits per heavy atom. The molecule has 0 fully saturated rings. The van der Waals surface area contributed by atoms with Crippen LogP contribution in [0.1, 0.15) is 0 Å². The van der Waals surface area contributed by atoms with E-state index >= 15 is 0 Å². The van der Waals surface area contributed by atoms with Crippen molar-refractivity contribution in [2.75, 3.05) is 0 Å². The van der Waals surface area contributed by atoms with E-state index in [4.69, 9.17) is 24.6 Å². The molecule has 0 N–H and O–H groups in total. The molecular formula is CH3CaCl2NSZn.